The van der Waals surface area contributed by atoms with Crippen molar-refractivity contribution in [1.29, 1.82) is 0 Å². The van der Waals surface area contributed by atoms with Crippen molar-refractivity contribution in [2.24, 2.45) is 5.92 Å². The lowest BCUT2D eigenvalue weighted by Gasteiger charge is -2.45. The Bertz CT molecular complexity index is 531. The van der Waals surface area contributed by atoms with Gasteiger partial charge in [-0.1, -0.05) is 0 Å². The Balaban J connectivity index is 1.53. The summed E-state index contributed by atoms with van der Waals surface area (Å²) in [6, 6.07) is 0.308. The van der Waals surface area contributed by atoms with E-state index < -0.39 is 16.1 Å². The summed E-state index contributed by atoms with van der Waals surface area (Å²) in [5.41, 5.74) is 0. The van der Waals surface area contributed by atoms with Crippen LogP contribution in [-0.2, 0) is 9.84 Å². The Hall–Kier alpha value is 0.140. The topological polar surface area (TPSA) is 81.7 Å². The maximum Gasteiger partial charge on any atom is 0.150 e. The highest BCUT2D eigenvalue weighted by Gasteiger charge is 2.38. The van der Waals surface area contributed by atoms with Gasteiger partial charge in [-0.15, -0.1) is 0 Å². The van der Waals surface area contributed by atoms with Crippen molar-refractivity contribution in [3.8, 4) is 0 Å². The van der Waals surface area contributed by atoms with Gasteiger partial charge in [-0.25, -0.2) is 8.42 Å². The van der Waals surface area contributed by atoms with Gasteiger partial charge < -0.3 is 5.11 Å². The van der Waals surface area contributed by atoms with Gasteiger partial charge in [-0.05, 0) is 57.2 Å². The number of hydrogen-bond acceptors (Lipinski definition) is 7. The van der Waals surface area contributed by atoms with Crippen LogP contribution in [0.1, 0.15) is 38.5 Å². The van der Waals surface area contributed by atoms with E-state index in [0.29, 0.717) is 17.2 Å². The van der Waals surface area contributed by atoms with Gasteiger partial charge in [0.15, 0.2) is 0 Å². The molecule has 8 heteroatoms. The van der Waals surface area contributed by atoms with Crippen LogP contribution >= 0.6 is 11.8 Å². The average Bonchev–Trinajstić information content (AvgIpc) is 3.09. The fraction of sp³-hybridized carbons (Fsp3) is 1.00. The molecule has 1 aliphatic carbocycles. The molecule has 2 saturated heterocycles. The van der Waals surface area contributed by atoms with Gasteiger partial charge in [0, 0.05) is 30.6 Å². The van der Waals surface area contributed by atoms with Gasteiger partial charge >= 0.3 is 0 Å². The largest absolute Gasteiger partial charge is 0.375 e. The molecule has 3 aliphatic rings. The zero-order valence-electron chi connectivity index (χ0n) is 15.4. The van der Waals surface area contributed by atoms with E-state index in [1.807, 2.05) is 23.7 Å². The van der Waals surface area contributed by atoms with Crippen molar-refractivity contribution in [2.45, 2.75) is 67.5 Å². The summed E-state index contributed by atoms with van der Waals surface area (Å²) in [4.78, 5) is 2.02. The Morgan fingerprint density at radius 3 is 2.56 bits per heavy atom. The molecule has 6 nitrogen and oxygen atoms in total. The van der Waals surface area contributed by atoms with E-state index >= 15 is 0 Å². The van der Waals surface area contributed by atoms with Crippen molar-refractivity contribution in [3.63, 3.8) is 0 Å². The third-order valence-corrected chi connectivity index (χ3v) is 9.19. The second-order valence-electron chi connectivity index (χ2n) is 8.01. The Kier molecular flexibility index (Phi) is 6.71. The van der Waals surface area contributed by atoms with Crippen LogP contribution in [0.3, 0.4) is 0 Å². The average molecular weight is 392 g/mol. The maximum atomic E-state index is 11.8. The van der Waals surface area contributed by atoms with E-state index in [9.17, 15) is 13.5 Å². The molecule has 146 valence electrons. The second kappa shape index (κ2) is 8.44. The summed E-state index contributed by atoms with van der Waals surface area (Å²) in [5.74, 6) is 1.73. The molecule has 0 aromatic carbocycles. The Labute approximate surface area is 156 Å². The number of hydrogen-bond donors (Lipinski definition) is 3. The summed E-state index contributed by atoms with van der Waals surface area (Å²) >= 11 is 2.02. The third-order valence-electron chi connectivity index (χ3n) is 6.11. The van der Waals surface area contributed by atoms with E-state index in [-0.39, 0.29) is 11.4 Å². The summed E-state index contributed by atoms with van der Waals surface area (Å²) in [7, 11) is -0.942. The number of piperazine rings is 1. The highest BCUT2D eigenvalue weighted by atomic mass is 32.2. The van der Waals surface area contributed by atoms with E-state index in [1.165, 1.54) is 24.9 Å². The molecule has 0 aromatic rings. The Morgan fingerprint density at radius 1 is 1.24 bits per heavy atom. The highest BCUT2D eigenvalue weighted by molar-refractivity contribution is 8.00. The molecular weight excluding hydrogens is 358 g/mol. The summed E-state index contributed by atoms with van der Waals surface area (Å²) < 4.78 is 23.5. The summed E-state index contributed by atoms with van der Waals surface area (Å²) in [5, 5.41) is 18.1. The van der Waals surface area contributed by atoms with Crippen LogP contribution in [0.25, 0.3) is 0 Å². The maximum absolute atomic E-state index is 11.8. The van der Waals surface area contributed by atoms with Crippen LogP contribution in [0, 0.1) is 5.92 Å². The van der Waals surface area contributed by atoms with Crippen molar-refractivity contribution in [1.82, 2.24) is 15.5 Å². The quantitative estimate of drug-likeness (QED) is 0.634. The number of likely N-dealkylation sites (N-methyl/N-ethyl adjacent to an activating group) is 1. The molecular formula is C17H33N3O3S2. The predicted octanol–water partition coefficient (Wildman–Crippen LogP) is 0.623. The van der Waals surface area contributed by atoms with Crippen LogP contribution in [0.15, 0.2) is 0 Å². The van der Waals surface area contributed by atoms with Gasteiger partial charge in [0.25, 0.3) is 0 Å². The van der Waals surface area contributed by atoms with Crippen LogP contribution in [-0.4, -0.2) is 79.5 Å². The first-order valence-corrected chi connectivity index (χ1v) is 12.5. The first-order valence-electron chi connectivity index (χ1n) is 9.53. The first kappa shape index (κ1) is 19.9. The smallest absolute Gasteiger partial charge is 0.150 e. The number of aliphatic hydroxyl groups excluding tert-OH is 1. The number of thioether (sulfide) groups is 1. The van der Waals surface area contributed by atoms with Gasteiger partial charge in [0.1, 0.15) is 16.1 Å². The molecule has 0 aromatic heterocycles. The summed E-state index contributed by atoms with van der Waals surface area (Å²) in [6.45, 7) is 1.74. The number of aliphatic hydroxyl groups is 1. The fourth-order valence-electron chi connectivity index (χ4n) is 4.47. The van der Waals surface area contributed by atoms with E-state index in [1.54, 1.807) is 0 Å². The number of sulfone groups is 1. The Morgan fingerprint density at radius 2 is 1.96 bits per heavy atom. The zero-order chi connectivity index (χ0) is 18.0. The van der Waals surface area contributed by atoms with E-state index in [4.69, 9.17) is 0 Å². The van der Waals surface area contributed by atoms with Gasteiger partial charge in [0.05, 0.1) is 11.4 Å². The predicted molar refractivity (Wildman–Crippen MR) is 103 cm³/mol. The monoisotopic (exact) mass is 391 g/mol. The molecule has 3 rings (SSSR count). The highest BCUT2D eigenvalue weighted by Crippen LogP contribution is 2.32. The lowest BCUT2D eigenvalue weighted by molar-refractivity contribution is -0.0618. The second-order valence-corrected chi connectivity index (χ2v) is 11.7. The van der Waals surface area contributed by atoms with Crippen LogP contribution in [0.5, 0.6) is 0 Å². The molecule has 0 spiro atoms. The molecule has 25 heavy (non-hydrogen) atoms. The fourth-order valence-corrected chi connectivity index (χ4v) is 6.82. The molecule has 0 bridgehead atoms. The first-order chi connectivity index (χ1) is 11.8. The third kappa shape index (κ3) is 5.11. The lowest BCUT2D eigenvalue weighted by atomic mass is 9.82. The molecule has 3 N–H and O–H groups in total. The van der Waals surface area contributed by atoms with Crippen LogP contribution < -0.4 is 10.6 Å². The number of nitrogens with zero attached hydrogens (tertiary/aromatic N) is 1. The van der Waals surface area contributed by atoms with E-state index in [0.717, 1.165) is 38.8 Å². The van der Waals surface area contributed by atoms with Crippen molar-refractivity contribution >= 4 is 21.6 Å². The van der Waals surface area contributed by atoms with Crippen LogP contribution in [0.2, 0.25) is 0 Å². The van der Waals surface area contributed by atoms with Crippen molar-refractivity contribution < 1.29 is 13.5 Å². The zero-order valence-corrected chi connectivity index (χ0v) is 17.0. The number of rotatable bonds is 5. The van der Waals surface area contributed by atoms with E-state index in [2.05, 4.69) is 10.6 Å². The molecule has 0 amide bonds. The molecule has 0 radical (unpaired) electrons. The summed E-state index contributed by atoms with van der Waals surface area (Å²) in [6.07, 6.45) is 6.72. The molecule has 4 atom stereocenters. The number of nitrogens with one attached hydrogen (secondary N) is 2. The minimum absolute atomic E-state index is 0.113. The molecule has 1 saturated carbocycles. The molecule has 2 aliphatic heterocycles. The molecule has 3 fully saturated rings. The lowest BCUT2D eigenvalue weighted by Crippen LogP contribution is -2.68. The minimum Gasteiger partial charge on any atom is -0.375 e. The van der Waals surface area contributed by atoms with Crippen LogP contribution in [0.4, 0.5) is 0 Å². The molecule has 2 heterocycles. The standard InChI is InChI=1S/C17H33N3O3S2/c1-20-11-15(12-5-7-14(8-6-12)25(2,22)23)19-16(17(20)21)18-10-13-4-3-9-24-13/h12-19,21H,3-11H2,1-2H3. The van der Waals surface area contributed by atoms with Gasteiger partial charge in [-0.3, -0.25) is 15.5 Å². The van der Waals surface area contributed by atoms with Gasteiger partial charge in [0.2, 0.25) is 0 Å². The van der Waals surface area contributed by atoms with Crippen molar-refractivity contribution in [3.05, 3.63) is 0 Å². The molecule has 4 unspecified atom stereocenters. The van der Waals surface area contributed by atoms with Crippen molar-refractivity contribution in [2.75, 3.05) is 32.1 Å². The normalized spacial score (nSPS) is 41.1. The minimum atomic E-state index is -2.91. The SMILES string of the molecule is CN1CC(C2CCC(S(C)(=O)=O)CC2)NC(NCC2CCCS2)C1O. The van der Waals surface area contributed by atoms with Gasteiger partial charge in [-0.2, -0.15) is 11.8 Å².